The third-order valence-electron chi connectivity index (χ3n) is 2.85. The van der Waals surface area contributed by atoms with Gasteiger partial charge in [0.2, 0.25) is 0 Å². The van der Waals surface area contributed by atoms with Crippen molar-refractivity contribution in [1.82, 2.24) is 15.5 Å². The SMILES string of the molecule is CCNC(=O)N1CCC(NCCSC)CC1. The van der Waals surface area contributed by atoms with Gasteiger partial charge in [0, 0.05) is 38.0 Å². The summed E-state index contributed by atoms with van der Waals surface area (Å²) >= 11 is 1.87. The highest BCUT2D eigenvalue weighted by Crippen LogP contribution is 2.10. The van der Waals surface area contributed by atoms with Crippen LogP contribution in [0, 0.1) is 0 Å². The highest BCUT2D eigenvalue weighted by Gasteiger charge is 2.21. The lowest BCUT2D eigenvalue weighted by atomic mass is 10.1. The van der Waals surface area contributed by atoms with Gasteiger partial charge in [-0.15, -0.1) is 0 Å². The second-order valence-electron chi connectivity index (χ2n) is 4.04. The van der Waals surface area contributed by atoms with Gasteiger partial charge < -0.3 is 15.5 Å². The van der Waals surface area contributed by atoms with Crippen molar-refractivity contribution in [3.63, 3.8) is 0 Å². The van der Waals surface area contributed by atoms with Crippen molar-refractivity contribution in [2.45, 2.75) is 25.8 Å². The fourth-order valence-electron chi connectivity index (χ4n) is 1.91. The van der Waals surface area contributed by atoms with E-state index < -0.39 is 0 Å². The smallest absolute Gasteiger partial charge is 0.317 e. The number of carbonyl (C=O) groups excluding carboxylic acids is 1. The fraction of sp³-hybridized carbons (Fsp3) is 0.909. The molecular weight excluding hydrogens is 222 g/mol. The van der Waals surface area contributed by atoms with E-state index in [4.69, 9.17) is 0 Å². The summed E-state index contributed by atoms with van der Waals surface area (Å²) in [5.41, 5.74) is 0. The first kappa shape index (κ1) is 13.6. The summed E-state index contributed by atoms with van der Waals surface area (Å²) < 4.78 is 0. The fourth-order valence-corrected chi connectivity index (χ4v) is 2.24. The normalized spacial score (nSPS) is 17.5. The zero-order chi connectivity index (χ0) is 11.8. The summed E-state index contributed by atoms with van der Waals surface area (Å²) in [6.45, 7) is 5.50. The monoisotopic (exact) mass is 245 g/mol. The van der Waals surface area contributed by atoms with E-state index in [9.17, 15) is 4.79 Å². The van der Waals surface area contributed by atoms with Crippen LogP contribution in [-0.4, -0.2) is 55.2 Å². The number of thioether (sulfide) groups is 1. The first-order valence-electron chi connectivity index (χ1n) is 6.03. The van der Waals surface area contributed by atoms with Gasteiger partial charge >= 0.3 is 6.03 Å². The van der Waals surface area contributed by atoms with Gasteiger partial charge in [0.05, 0.1) is 0 Å². The summed E-state index contributed by atoms with van der Waals surface area (Å²) in [4.78, 5) is 13.5. The van der Waals surface area contributed by atoms with Crippen LogP contribution in [-0.2, 0) is 0 Å². The van der Waals surface area contributed by atoms with Crippen molar-refractivity contribution in [2.24, 2.45) is 0 Å². The van der Waals surface area contributed by atoms with E-state index in [0.717, 1.165) is 38.2 Å². The molecule has 0 radical (unpaired) electrons. The van der Waals surface area contributed by atoms with Crippen LogP contribution < -0.4 is 10.6 Å². The molecule has 1 fully saturated rings. The summed E-state index contributed by atoms with van der Waals surface area (Å²) in [6.07, 6.45) is 4.27. The van der Waals surface area contributed by atoms with Gasteiger partial charge in [-0.2, -0.15) is 11.8 Å². The molecule has 0 aromatic carbocycles. The molecule has 0 aromatic heterocycles. The summed E-state index contributed by atoms with van der Waals surface area (Å²) in [7, 11) is 0. The second kappa shape index (κ2) is 7.79. The Kier molecular flexibility index (Phi) is 6.64. The molecule has 94 valence electrons. The standard InChI is InChI=1S/C11H23N3OS/c1-3-12-11(15)14-7-4-10(5-8-14)13-6-9-16-2/h10,13H,3-9H2,1-2H3,(H,12,15). The number of likely N-dealkylation sites (tertiary alicyclic amines) is 1. The minimum atomic E-state index is 0.0880. The molecule has 0 aromatic rings. The summed E-state index contributed by atoms with van der Waals surface area (Å²) in [5.74, 6) is 1.16. The van der Waals surface area contributed by atoms with Crippen molar-refractivity contribution in [3.05, 3.63) is 0 Å². The summed E-state index contributed by atoms with van der Waals surface area (Å²) in [5, 5.41) is 6.38. The van der Waals surface area contributed by atoms with Gasteiger partial charge in [0.1, 0.15) is 0 Å². The molecule has 16 heavy (non-hydrogen) atoms. The average Bonchev–Trinajstić information content (AvgIpc) is 2.30. The lowest BCUT2D eigenvalue weighted by Gasteiger charge is -2.32. The van der Waals surface area contributed by atoms with Crippen LogP contribution >= 0.6 is 11.8 Å². The molecule has 0 saturated carbocycles. The zero-order valence-corrected chi connectivity index (χ0v) is 11.1. The quantitative estimate of drug-likeness (QED) is 0.714. The zero-order valence-electron chi connectivity index (χ0n) is 10.3. The van der Waals surface area contributed by atoms with E-state index in [1.807, 2.05) is 23.6 Å². The Morgan fingerprint density at radius 1 is 1.44 bits per heavy atom. The van der Waals surface area contributed by atoms with Gasteiger partial charge in [-0.3, -0.25) is 0 Å². The molecule has 0 unspecified atom stereocenters. The third kappa shape index (κ3) is 4.61. The van der Waals surface area contributed by atoms with Gasteiger partial charge in [-0.25, -0.2) is 4.79 Å². The number of urea groups is 1. The van der Waals surface area contributed by atoms with Crippen molar-refractivity contribution in [3.8, 4) is 0 Å². The van der Waals surface area contributed by atoms with Crippen LogP contribution in [0.3, 0.4) is 0 Å². The predicted octanol–water partition coefficient (Wildman–Crippen LogP) is 1.13. The van der Waals surface area contributed by atoms with Crippen molar-refractivity contribution >= 4 is 17.8 Å². The highest BCUT2D eigenvalue weighted by molar-refractivity contribution is 7.98. The van der Waals surface area contributed by atoms with Crippen LogP contribution in [0.25, 0.3) is 0 Å². The number of hydrogen-bond donors (Lipinski definition) is 2. The Hall–Kier alpha value is -0.420. The number of amides is 2. The van der Waals surface area contributed by atoms with E-state index in [2.05, 4.69) is 16.9 Å². The maximum Gasteiger partial charge on any atom is 0.317 e. The molecule has 1 aliphatic rings. The maximum absolute atomic E-state index is 11.6. The van der Waals surface area contributed by atoms with E-state index in [1.165, 1.54) is 0 Å². The molecule has 2 N–H and O–H groups in total. The maximum atomic E-state index is 11.6. The molecule has 2 amide bonds. The van der Waals surface area contributed by atoms with E-state index in [1.54, 1.807) is 0 Å². The molecule has 0 bridgehead atoms. The molecule has 1 saturated heterocycles. The Morgan fingerprint density at radius 2 is 2.12 bits per heavy atom. The highest BCUT2D eigenvalue weighted by atomic mass is 32.2. The van der Waals surface area contributed by atoms with E-state index >= 15 is 0 Å². The molecule has 1 heterocycles. The number of carbonyl (C=O) groups is 1. The Labute approximate surface area is 103 Å². The number of piperidine rings is 1. The topological polar surface area (TPSA) is 44.4 Å². The first-order valence-corrected chi connectivity index (χ1v) is 7.42. The van der Waals surface area contributed by atoms with Gasteiger partial charge in [-0.1, -0.05) is 0 Å². The largest absolute Gasteiger partial charge is 0.338 e. The molecule has 4 nitrogen and oxygen atoms in total. The van der Waals surface area contributed by atoms with Gasteiger partial charge in [0.15, 0.2) is 0 Å². The predicted molar refractivity (Wildman–Crippen MR) is 70.1 cm³/mol. The van der Waals surface area contributed by atoms with E-state index in [0.29, 0.717) is 12.6 Å². The summed E-state index contributed by atoms with van der Waals surface area (Å²) in [6, 6.07) is 0.683. The van der Waals surface area contributed by atoms with Gasteiger partial charge in [-0.05, 0) is 26.0 Å². The minimum absolute atomic E-state index is 0.0880. The van der Waals surface area contributed by atoms with Crippen molar-refractivity contribution in [1.29, 1.82) is 0 Å². The third-order valence-corrected chi connectivity index (χ3v) is 3.46. The van der Waals surface area contributed by atoms with Crippen molar-refractivity contribution in [2.75, 3.05) is 38.2 Å². The first-order chi connectivity index (χ1) is 7.77. The molecule has 1 rings (SSSR count). The van der Waals surface area contributed by atoms with Crippen molar-refractivity contribution < 1.29 is 4.79 Å². The minimum Gasteiger partial charge on any atom is -0.338 e. The number of rotatable bonds is 5. The van der Waals surface area contributed by atoms with Gasteiger partial charge in [0.25, 0.3) is 0 Å². The number of nitrogens with one attached hydrogen (secondary N) is 2. The Balaban J connectivity index is 2.15. The lowest BCUT2D eigenvalue weighted by molar-refractivity contribution is 0.177. The second-order valence-corrected chi connectivity index (χ2v) is 5.03. The Morgan fingerprint density at radius 3 is 2.69 bits per heavy atom. The molecule has 5 heteroatoms. The van der Waals surface area contributed by atoms with Crippen LogP contribution in [0.15, 0.2) is 0 Å². The lowest BCUT2D eigenvalue weighted by Crippen LogP contribution is -2.48. The van der Waals surface area contributed by atoms with Crippen LogP contribution in [0.4, 0.5) is 4.79 Å². The number of nitrogens with zero attached hydrogens (tertiary/aromatic N) is 1. The number of hydrogen-bond acceptors (Lipinski definition) is 3. The van der Waals surface area contributed by atoms with Crippen LogP contribution in [0.2, 0.25) is 0 Å². The van der Waals surface area contributed by atoms with Crippen LogP contribution in [0.1, 0.15) is 19.8 Å². The molecule has 0 aliphatic carbocycles. The van der Waals surface area contributed by atoms with Crippen LogP contribution in [0.5, 0.6) is 0 Å². The molecule has 1 aliphatic heterocycles. The molecular formula is C11H23N3OS. The average molecular weight is 245 g/mol. The van der Waals surface area contributed by atoms with E-state index in [-0.39, 0.29) is 6.03 Å². The Bertz CT molecular complexity index is 205. The molecule has 0 atom stereocenters. The molecule has 0 spiro atoms.